The first-order valence-corrected chi connectivity index (χ1v) is 26.0. The van der Waals surface area contributed by atoms with Crippen LogP contribution in [0.25, 0.3) is 38.4 Å². The van der Waals surface area contributed by atoms with E-state index in [1.165, 1.54) is 0 Å². The number of aryl methyl sites for hydroxylation is 1. The normalized spacial score (nSPS) is 12.1. The maximum absolute atomic E-state index is 6.90. The molecular formula is C54H46O6P2Si. The van der Waals surface area contributed by atoms with E-state index in [4.69, 9.17) is 27.1 Å². The molecule has 0 bridgehead atoms. The second kappa shape index (κ2) is 18.8. The van der Waals surface area contributed by atoms with Gasteiger partial charge in [0.25, 0.3) is 0 Å². The van der Waals surface area contributed by atoms with Crippen LogP contribution in [0.3, 0.4) is 0 Å². The lowest BCUT2D eigenvalue weighted by Gasteiger charge is -2.29. The van der Waals surface area contributed by atoms with Crippen molar-refractivity contribution >= 4 is 74.0 Å². The summed E-state index contributed by atoms with van der Waals surface area (Å²) < 4.78 is 40.4. The van der Waals surface area contributed by atoms with E-state index in [-0.39, 0.29) is 0 Å². The molecule has 63 heavy (non-hydrogen) atoms. The molecule has 9 rings (SSSR count). The topological polar surface area (TPSA) is 55.4 Å². The summed E-state index contributed by atoms with van der Waals surface area (Å²) in [6, 6.07) is 65.1. The van der Waals surface area contributed by atoms with Gasteiger partial charge in [-0.15, -0.1) is 0 Å². The highest BCUT2D eigenvalue weighted by molar-refractivity contribution is 7.43. The summed E-state index contributed by atoms with van der Waals surface area (Å²) in [7, 11) is -6.61. The van der Waals surface area contributed by atoms with Gasteiger partial charge in [0.15, 0.2) is 0 Å². The number of benzene rings is 9. The van der Waals surface area contributed by atoms with E-state index < -0.39 is 25.3 Å². The van der Waals surface area contributed by atoms with E-state index in [2.05, 4.69) is 111 Å². The Morgan fingerprint density at radius 3 is 1.14 bits per heavy atom. The number of allylic oxidation sites excluding steroid dienone is 1. The lowest BCUT2D eigenvalue weighted by atomic mass is 10.1. The van der Waals surface area contributed by atoms with Crippen LogP contribution in [0.4, 0.5) is 0 Å². The third kappa shape index (κ3) is 9.72. The Morgan fingerprint density at radius 2 is 0.730 bits per heavy atom. The van der Waals surface area contributed by atoms with Crippen molar-refractivity contribution in [1.29, 1.82) is 0 Å². The third-order valence-corrected chi connectivity index (χ3v) is 16.6. The largest absolute Gasteiger partial charge is 0.530 e. The summed E-state index contributed by atoms with van der Waals surface area (Å²) in [6.07, 6.45) is 4.10. The van der Waals surface area contributed by atoms with E-state index in [9.17, 15) is 0 Å². The van der Waals surface area contributed by atoms with Crippen LogP contribution in [0.15, 0.2) is 200 Å². The van der Waals surface area contributed by atoms with Crippen LogP contribution in [0.2, 0.25) is 13.1 Å². The summed E-state index contributed by atoms with van der Waals surface area (Å²) in [6.45, 7) is 8.69. The zero-order valence-corrected chi connectivity index (χ0v) is 38.3. The SMILES string of the molecule is C/C=C\c1cc(OP(Oc2ccc3ccccc3c2)Oc2ccccc2[Si](C)(C)c2ccccc2OP(Oc2ccc3ccccc3c2)Oc2ccc3ccccc3c2)ccc1C. The minimum absolute atomic E-state index is 0.652. The van der Waals surface area contributed by atoms with Crippen LogP contribution in [-0.4, -0.2) is 8.07 Å². The van der Waals surface area contributed by atoms with E-state index >= 15 is 0 Å². The summed E-state index contributed by atoms with van der Waals surface area (Å²) in [5.41, 5.74) is 2.21. The molecule has 0 amide bonds. The average molecular weight is 881 g/mol. The first-order chi connectivity index (χ1) is 30.8. The highest BCUT2D eigenvalue weighted by Crippen LogP contribution is 2.45. The molecule has 9 heteroatoms. The van der Waals surface area contributed by atoms with Crippen molar-refractivity contribution in [2.45, 2.75) is 26.9 Å². The van der Waals surface area contributed by atoms with Crippen molar-refractivity contribution < 1.29 is 27.1 Å². The molecule has 312 valence electrons. The Morgan fingerprint density at radius 1 is 0.381 bits per heavy atom. The molecule has 0 aliphatic rings. The molecule has 0 saturated heterocycles. The Bertz CT molecular complexity index is 3000. The zero-order chi connectivity index (χ0) is 43.2. The van der Waals surface area contributed by atoms with Crippen LogP contribution in [0.5, 0.6) is 34.5 Å². The molecule has 6 nitrogen and oxygen atoms in total. The van der Waals surface area contributed by atoms with Gasteiger partial charge in [-0.2, -0.15) is 0 Å². The predicted molar refractivity (Wildman–Crippen MR) is 265 cm³/mol. The van der Waals surface area contributed by atoms with Crippen LogP contribution < -0.4 is 37.5 Å². The van der Waals surface area contributed by atoms with Gasteiger partial charge in [0.05, 0.1) is 0 Å². The highest BCUT2D eigenvalue weighted by Gasteiger charge is 2.35. The van der Waals surface area contributed by atoms with E-state index in [0.717, 1.165) is 53.8 Å². The fraction of sp³-hybridized carbons (Fsp3) is 0.0741. The molecule has 9 aromatic rings. The number of hydrogen-bond acceptors (Lipinski definition) is 6. The van der Waals surface area contributed by atoms with Crippen molar-refractivity contribution in [1.82, 2.24) is 0 Å². The van der Waals surface area contributed by atoms with Gasteiger partial charge in [0.1, 0.15) is 42.6 Å². The van der Waals surface area contributed by atoms with Crippen molar-refractivity contribution in [3.05, 3.63) is 211 Å². The Balaban J connectivity index is 1.05. The lowest BCUT2D eigenvalue weighted by Crippen LogP contribution is -2.53. The second-order valence-electron chi connectivity index (χ2n) is 15.7. The first kappa shape index (κ1) is 41.7. The number of hydrogen-bond donors (Lipinski definition) is 0. The smallest absolute Gasteiger partial charge is 0.409 e. The number of rotatable bonds is 15. The zero-order valence-electron chi connectivity index (χ0n) is 35.5. The van der Waals surface area contributed by atoms with Gasteiger partial charge < -0.3 is 27.1 Å². The monoisotopic (exact) mass is 880 g/mol. The van der Waals surface area contributed by atoms with Gasteiger partial charge in [-0.3, -0.25) is 0 Å². The molecule has 0 radical (unpaired) electrons. The minimum Gasteiger partial charge on any atom is -0.409 e. The van der Waals surface area contributed by atoms with Gasteiger partial charge in [-0.25, -0.2) is 0 Å². The summed E-state index contributed by atoms with van der Waals surface area (Å²) >= 11 is 0. The van der Waals surface area contributed by atoms with Crippen LogP contribution >= 0.6 is 17.2 Å². The predicted octanol–water partition coefficient (Wildman–Crippen LogP) is 14.8. The fourth-order valence-electron chi connectivity index (χ4n) is 7.59. The van der Waals surface area contributed by atoms with E-state index in [1.54, 1.807) is 0 Å². The molecule has 0 aliphatic carbocycles. The molecule has 0 heterocycles. The average Bonchev–Trinajstić information content (AvgIpc) is 3.30. The minimum atomic E-state index is -2.64. The van der Waals surface area contributed by atoms with Crippen molar-refractivity contribution in [2.75, 3.05) is 0 Å². The Hall–Kier alpha value is -6.62. The van der Waals surface area contributed by atoms with Gasteiger partial charge in [-0.05, 0) is 128 Å². The summed E-state index contributed by atoms with van der Waals surface area (Å²) in [5, 5.41) is 8.66. The van der Waals surface area contributed by atoms with Gasteiger partial charge in [0, 0.05) is 0 Å². The quantitative estimate of drug-likeness (QED) is 0.0755. The molecule has 1 atom stereocenters. The number of fused-ring (bicyclic) bond motifs is 3. The van der Waals surface area contributed by atoms with Crippen molar-refractivity contribution in [3.63, 3.8) is 0 Å². The molecule has 0 aliphatic heterocycles. The van der Waals surface area contributed by atoms with E-state index in [0.29, 0.717) is 34.5 Å². The van der Waals surface area contributed by atoms with Gasteiger partial charge in [-0.1, -0.05) is 159 Å². The standard InChI is InChI=1S/C54H46O6P2Si/c1-5-16-43-35-47(31-27-39(43)2)55-61(56-48-32-28-40-17-6-9-20-44(40)36-48)59-51-23-12-14-25-53(51)63(3,4)54-26-15-13-24-52(54)60-62(57-49-33-29-41-18-7-10-21-45(41)37-49)58-50-34-30-42-19-8-11-22-46(42)38-50/h5-38H,1-4H3/b16-5-. The van der Waals surface area contributed by atoms with Gasteiger partial charge in [0.2, 0.25) is 0 Å². The van der Waals surface area contributed by atoms with E-state index in [1.807, 2.05) is 122 Å². The maximum Gasteiger partial charge on any atom is 0.530 e. The maximum atomic E-state index is 6.90. The molecule has 0 saturated carbocycles. The third-order valence-electron chi connectivity index (χ3n) is 10.9. The summed E-state index contributed by atoms with van der Waals surface area (Å²) in [5.74, 6) is 3.97. The molecule has 0 N–H and O–H groups in total. The first-order valence-electron chi connectivity index (χ1n) is 20.9. The molecule has 9 aromatic carbocycles. The van der Waals surface area contributed by atoms with Gasteiger partial charge >= 0.3 is 17.2 Å². The highest BCUT2D eigenvalue weighted by atomic mass is 31.2. The van der Waals surface area contributed by atoms with Crippen LogP contribution in [0.1, 0.15) is 18.1 Å². The van der Waals surface area contributed by atoms with Crippen molar-refractivity contribution in [3.8, 4) is 34.5 Å². The lowest BCUT2D eigenvalue weighted by molar-refractivity contribution is 0.389. The second-order valence-corrected chi connectivity index (χ2v) is 22.0. The fourth-order valence-corrected chi connectivity index (χ4v) is 12.6. The summed E-state index contributed by atoms with van der Waals surface area (Å²) in [4.78, 5) is 0. The molecule has 0 spiro atoms. The Kier molecular flexibility index (Phi) is 12.4. The molecule has 0 fully saturated rings. The molecule has 0 aromatic heterocycles. The molecular weight excluding hydrogens is 835 g/mol. The molecule has 1 unspecified atom stereocenters. The Labute approximate surface area is 372 Å². The van der Waals surface area contributed by atoms with Crippen LogP contribution in [-0.2, 0) is 0 Å². The van der Waals surface area contributed by atoms with Crippen molar-refractivity contribution in [2.24, 2.45) is 0 Å². The van der Waals surface area contributed by atoms with Crippen LogP contribution in [0, 0.1) is 6.92 Å². The number of para-hydroxylation sites is 2.